The van der Waals surface area contributed by atoms with E-state index >= 15 is 0 Å². The predicted molar refractivity (Wildman–Crippen MR) is 112 cm³/mol. The Morgan fingerprint density at radius 2 is 1.93 bits per heavy atom. The maximum atomic E-state index is 12.7. The van der Waals surface area contributed by atoms with E-state index in [-0.39, 0.29) is 12.4 Å². The summed E-state index contributed by atoms with van der Waals surface area (Å²) in [6.07, 6.45) is 0.142. The Balaban J connectivity index is 1.83. The molecule has 0 saturated carbocycles. The van der Waals surface area contributed by atoms with Crippen molar-refractivity contribution in [1.82, 2.24) is 25.9 Å². The fraction of sp³-hybridized carbons (Fsp3) is 0.211. The van der Waals surface area contributed by atoms with Crippen LogP contribution in [0.2, 0.25) is 10.0 Å². The van der Waals surface area contributed by atoms with Crippen molar-refractivity contribution < 1.29 is 14.7 Å². The number of rotatable bonds is 8. The van der Waals surface area contributed by atoms with E-state index in [2.05, 4.69) is 31.3 Å². The normalized spacial score (nSPS) is 12.9. The molecule has 0 fully saturated rings. The van der Waals surface area contributed by atoms with E-state index < -0.39 is 24.0 Å². The van der Waals surface area contributed by atoms with Crippen LogP contribution < -0.4 is 10.6 Å². The first kappa shape index (κ1) is 21.7. The molecule has 0 aliphatic rings. The number of halogens is 2. The number of aliphatic carboxylic acids is 1. The Morgan fingerprint density at radius 1 is 1.17 bits per heavy atom. The van der Waals surface area contributed by atoms with Gasteiger partial charge in [-0.3, -0.25) is 20.2 Å². The van der Waals surface area contributed by atoms with Crippen molar-refractivity contribution in [2.45, 2.75) is 25.4 Å². The van der Waals surface area contributed by atoms with Crippen molar-refractivity contribution in [2.75, 3.05) is 5.32 Å². The predicted octanol–water partition coefficient (Wildman–Crippen LogP) is 2.79. The van der Waals surface area contributed by atoms with Gasteiger partial charge in [0.25, 0.3) is 5.95 Å². The van der Waals surface area contributed by atoms with Crippen LogP contribution in [0.3, 0.4) is 0 Å². The smallest absolute Gasteiger partial charge is 0.320 e. The number of aromatic nitrogens is 4. The van der Waals surface area contributed by atoms with E-state index in [1.807, 2.05) is 24.3 Å². The minimum atomic E-state index is -1.09. The lowest BCUT2D eigenvalue weighted by Crippen LogP contribution is -2.49. The van der Waals surface area contributed by atoms with E-state index in [1.54, 1.807) is 18.2 Å². The molecule has 0 aliphatic carbocycles. The molecule has 30 heavy (non-hydrogen) atoms. The van der Waals surface area contributed by atoms with E-state index in [1.165, 1.54) is 6.92 Å². The summed E-state index contributed by atoms with van der Waals surface area (Å²) < 4.78 is 0. The highest BCUT2D eigenvalue weighted by atomic mass is 35.5. The van der Waals surface area contributed by atoms with Gasteiger partial charge in [-0.05, 0) is 41.8 Å². The zero-order valence-electron chi connectivity index (χ0n) is 15.8. The molecule has 156 valence electrons. The number of carbonyl (C=O) groups is 2. The molecule has 11 heteroatoms. The van der Waals surface area contributed by atoms with Gasteiger partial charge in [0.05, 0.1) is 6.04 Å². The second-order valence-electron chi connectivity index (χ2n) is 6.49. The Morgan fingerprint density at radius 3 is 2.57 bits per heavy atom. The Bertz CT molecular complexity index is 1040. The van der Waals surface area contributed by atoms with Crippen LogP contribution in [0.25, 0.3) is 11.1 Å². The highest BCUT2D eigenvalue weighted by Crippen LogP contribution is 2.31. The third-order valence-corrected chi connectivity index (χ3v) is 5.06. The first-order chi connectivity index (χ1) is 14.3. The van der Waals surface area contributed by atoms with E-state index in [9.17, 15) is 14.7 Å². The molecule has 1 aromatic heterocycles. The molecule has 9 nitrogen and oxygen atoms in total. The zero-order valence-corrected chi connectivity index (χ0v) is 17.3. The molecular formula is C19H18Cl2N6O3. The van der Waals surface area contributed by atoms with Crippen molar-refractivity contribution in [3.05, 3.63) is 58.1 Å². The van der Waals surface area contributed by atoms with Crippen molar-refractivity contribution in [1.29, 1.82) is 0 Å². The number of H-pyrrole nitrogens is 1. The van der Waals surface area contributed by atoms with Gasteiger partial charge in [-0.2, -0.15) is 5.21 Å². The molecule has 0 spiro atoms. The lowest BCUT2D eigenvalue weighted by atomic mass is 9.99. The monoisotopic (exact) mass is 448 g/mol. The van der Waals surface area contributed by atoms with Crippen LogP contribution in [0.15, 0.2) is 42.5 Å². The van der Waals surface area contributed by atoms with Crippen LogP contribution >= 0.6 is 23.2 Å². The van der Waals surface area contributed by atoms with E-state index in [0.717, 1.165) is 11.1 Å². The Hall–Kier alpha value is -3.01. The van der Waals surface area contributed by atoms with E-state index in [0.29, 0.717) is 15.6 Å². The summed E-state index contributed by atoms with van der Waals surface area (Å²) in [5.74, 6) is -1.63. The lowest BCUT2D eigenvalue weighted by molar-refractivity contribution is -0.139. The van der Waals surface area contributed by atoms with Gasteiger partial charge in [0.1, 0.15) is 6.04 Å². The molecule has 2 atom stereocenters. The first-order valence-electron chi connectivity index (χ1n) is 8.91. The number of carboxylic acids is 1. The fourth-order valence-electron chi connectivity index (χ4n) is 2.81. The van der Waals surface area contributed by atoms with Crippen molar-refractivity contribution in [3.63, 3.8) is 0 Å². The van der Waals surface area contributed by atoms with E-state index in [4.69, 9.17) is 23.2 Å². The number of hydrogen-bond donors (Lipinski definition) is 4. The highest BCUT2D eigenvalue weighted by Gasteiger charge is 2.25. The largest absolute Gasteiger partial charge is 0.480 e. The molecule has 1 unspecified atom stereocenters. The molecule has 0 radical (unpaired) electrons. The summed E-state index contributed by atoms with van der Waals surface area (Å²) in [7, 11) is 0. The zero-order chi connectivity index (χ0) is 21.7. The molecule has 0 aliphatic heterocycles. The number of hydrogen-bond acceptors (Lipinski definition) is 6. The Labute approximate surface area is 181 Å². The van der Waals surface area contributed by atoms with Crippen LogP contribution in [-0.4, -0.2) is 49.7 Å². The molecule has 0 saturated heterocycles. The van der Waals surface area contributed by atoms with Crippen molar-refractivity contribution in [3.8, 4) is 11.1 Å². The van der Waals surface area contributed by atoms with Crippen LogP contribution in [0, 0.1) is 0 Å². The number of nitrogens with zero attached hydrogens (tertiary/aromatic N) is 3. The number of benzene rings is 2. The van der Waals surface area contributed by atoms with Crippen LogP contribution in [0.5, 0.6) is 0 Å². The number of carboxylic acid groups (broad SMARTS) is 1. The number of anilines is 1. The number of amides is 1. The molecule has 1 amide bonds. The Kier molecular flexibility index (Phi) is 6.99. The maximum Gasteiger partial charge on any atom is 0.320 e. The second-order valence-corrected chi connectivity index (χ2v) is 7.31. The third-order valence-electron chi connectivity index (χ3n) is 4.38. The number of tetrazole rings is 1. The third kappa shape index (κ3) is 5.32. The summed E-state index contributed by atoms with van der Waals surface area (Å²) in [6.45, 7) is 1.44. The summed E-state index contributed by atoms with van der Waals surface area (Å²) in [4.78, 5) is 23.9. The molecule has 0 bridgehead atoms. The topological polar surface area (TPSA) is 133 Å². The quantitative estimate of drug-likeness (QED) is 0.416. The van der Waals surface area contributed by atoms with Crippen LogP contribution in [0.1, 0.15) is 12.5 Å². The van der Waals surface area contributed by atoms with Gasteiger partial charge < -0.3 is 5.11 Å². The standard InChI is InChI=1S/C19H18Cl2N6O3/c1-10(18(29)30)22-16(17(28)23-19-24-26-27-25-19)9-12-7-6-11(8-15(12)21)13-4-2-3-5-14(13)20/h2-8,10,16,22H,9H2,1H3,(H,29,30)(H2,23,24,25,26,27,28)/t10?,16-/m1/s1. The molecule has 2 aromatic carbocycles. The van der Waals surface area contributed by atoms with Crippen molar-refractivity contribution in [2.24, 2.45) is 0 Å². The van der Waals surface area contributed by atoms with Gasteiger partial charge in [-0.25, -0.2) is 0 Å². The summed E-state index contributed by atoms with van der Waals surface area (Å²) in [5, 5.41) is 28.4. The minimum Gasteiger partial charge on any atom is -0.480 e. The minimum absolute atomic E-state index is 0.0186. The first-order valence-corrected chi connectivity index (χ1v) is 9.67. The number of nitrogens with one attached hydrogen (secondary N) is 3. The van der Waals surface area contributed by atoms with Gasteiger partial charge >= 0.3 is 5.97 Å². The van der Waals surface area contributed by atoms with Crippen molar-refractivity contribution >= 4 is 41.0 Å². The average molecular weight is 449 g/mol. The van der Waals surface area contributed by atoms with Crippen LogP contribution in [-0.2, 0) is 16.0 Å². The van der Waals surface area contributed by atoms with Gasteiger partial charge in [-0.15, -0.1) is 5.10 Å². The van der Waals surface area contributed by atoms with Gasteiger partial charge in [0, 0.05) is 15.6 Å². The summed E-state index contributed by atoms with van der Waals surface area (Å²) in [5.41, 5.74) is 2.32. The molecule has 3 aromatic rings. The summed E-state index contributed by atoms with van der Waals surface area (Å²) in [6, 6.07) is 10.9. The van der Waals surface area contributed by atoms with Crippen LogP contribution in [0.4, 0.5) is 5.95 Å². The SMILES string of the molecule is CC(N[C@H](Cc1ccc(-c2ccccc2Cl)cc1Cl)C(=O)Nc1nn[nH]n1)C(=O)O. The number of aromatic amines is 1. The lowest BCUT2D eigenvalue weighted by Gasteiger charge is -2.21. The number of carbonyl (C=O) groups excluding carboxylic acids is 1. The fourth-order valence-corrected chi connectivity index (χ4v) is 3.31. The molecule has 1 heterocycles. The molecular weight excluding hydrogens is 431 g/mol. The second kappa shape index (κ2) is 9.66. The summed E-state index contributed by atoms with van der Waals surface area (Å²) >= 11 is 12.7. The average Bonchev–Trinajstić information content (AvgIpc) is 3.22. The molecule has 3 rings (SSSR count). The highest BCUT2D eigenvalue weighted by molar-refractivity contribution is 6.34. The van der Waals surface area contributed by atoms with Gasteiger partial charge in [0.15, 0.2) is 0 Å². The maximum absolute atomic E-state index is 12.7. The van der Waals surface area contributed by atoms with Gasteiger partial charge in [-0.1, -0.05) is 58.6 Å². The molecule has 4 N–H and O–H groups in total. The van der Waals surface area contributed by atoms with Gasteiger partial charge in [0.2, 0.25) is 5.91 Å².